The molecule has 1 heterocycles. The number of hydrogen-bond donors (Lipinski definition) is 2. The average Bonchev–Trinajstić information content (AvgIpc) is 2.72. The molecule has 2 rings (SSSR count). The van der Waals surface area contributed by atoms with E-state index in [2.05, 4.69) is 4.98 Å². The summed E-state index contributed by atoms with van der Waals surface area (Å²) in [6, 6.07) is 7.52. The second-order valence-corrected chi connectivity index (χ2v) is 4.28. The standard InChI is InChI=1S/C13H14N2O3/c1-8-4-3-5-9-6-10(14-12(8)9)13(18)15(2)7-11(16)17/h3-6,14H,7H2,1-2H3,(H,16,17). The van der Waals surface area contributed by atoms with Crippen LogP contribution in [0.15, 0.2) is 24.3 Å². The smallest absolute Gasteiger partial charge is 0.323 e. The number of benzene rings is 1. The number of carboxylic acids is 1. The summed E-state index contributed by atoms with van der Waals surface area (Å²) in [4.78, 5) is 26.8. The predicted molar refractivity (Wildman–Crippen MR) is 67.6 cm³/mol. The zero-order valence-electron chi connectivity index (χ0n) is 10.2. The van der Waals surface area contributed by atoms with E-state index in [1.54, 1.807) is 6.07 Å². The molecule has 0 aliphatic heterocycles. The normalized spacial score (nSPS) is 10.6. The van der Waals surface area contributed by atoms with Crippen molar-refractivity contribution in [2.24, 2.45) is 0 Å². The molecule has 0 atom stereocenters. The first-order valence-electron chi connectivity index (χ1n) is 5.54. The number of carbonyl (C=O) groups excluding carboxylic acids is 1. The van der Waals surface area contributed by atoms with Gasteiger partial charge in [0.15, 0.2) is 0 Å². The highest BCUT2D eigenvalue weighted by Crippen LogP contribution is 2.19. The summed E-state index contributed by atoms with van der Waals surface area (Å²) in [5.74, 6) is -1.36. The summed E-state index contributed by atoms with van der Waals surface area (Å²) in [6.45, 7) is 1.64. The van der Waals surface area contributed by atoms with Crippen LogP contribution in [0.1, 0.15) is 16.1 Å². The summed E-state index contributed by atoms with van der Waals surface area (Å²) in [5.41, 5.74) is 2.36. The average molecular weight is 246 g/mol. The number of para-hydroxylation sites is 1. The highest BCUT2D eigenvalue weighted by atomic mass is 16.4. The Morgan fingerprint density at radius 3 is 2.72 bits per heavy atom. The molecule has 1 aromatic carbocycles. The monoisotopic (exact) mass is 246 g/mol. The number of hydrogen-bond acceptors (Lipinski definition) is 2. The van der Waals surface area contributed by atoms with Crippen LogP contribution in [0.4, 0.5) is 0 Å². The van der Waals surface area contributed by atoms with Crippen molar-refractivity contribution in [1.82, 2.24) is 9.88 Å². The molecule has 2 aromatic rings. The molecule has 94 valence electrons. The summed E-state index contributed by atoms with van der Waals surface area (Å²) >= 11 is 0. The lowest BCUT2D eigenvalue weighted by atomic mass is 10.2. The van der Waals surface area contributed by atoms with E-state index in [1.165, 1.54) is 11.9 Å². The molecule has 5 nitrogen and oxygen atoms in total. The number of nitrogens with zero attached hydrogens (tertiary/aromatic N) is 1. The van der Waals surface area contributed by atoms with Crippen molar-refractivity contribution in [1.29, 1.82) is 0 Å². The van der Waals surface area contributed by atoms with E-state index < -0.39 is 5.97 Å². The van der Waals surface area contributed by atoms with Crippen molar-refractivity contribution in [3.63, 3.8) is 0 Å². The molecular weight excluding hydrogens is 232 g/mol. The van der Waals surface area contributed by atoms with Crippen molar-refractivity contribution in [2.75, 3.05) is 13.6 Å². The van der Waals surface area contributed by atoms with Gasteiger partial charge in [0, 0.05) is 18.0 Å². The highest BCUT2D eigenvalue weighted by Gasteiger charge is 2.16. The minimum Gasteiger partial charge on any atom is -0.480 e. The van der Waals surface area contributed by atoms with Crippen LogP contribution < -0.4 is 0 Å². The molecule has 0 bridgehead atoms. The van der Waals surface area contributed by atoms with Crippen molar-refractivity contribution in [3.05, 3.63) is 35.5 Å². The van der Waals surface area contributed by atoms with Gasteiger partial charge in [0.25, 0.3) is 5.91 Å². The first-order chi connectivity index (χ1) is 8.49. The second-order valence-electron chi connectivity index (χ2n) is 4.28. The molecule has 0 aliphatic rings. The van der Waals surface area contributed by atoms with Gasteiger partial charge >= 0.3 is 5.97 Å². The van der Waals surface area contributed by atoms with E-state index in [9.17, 15) is 9.59 Å². The number of carboxylic acid groups (broad SMARTS) is 1. The third-order valence-electron chi connectivity index (χ3n) is 2.81. The molecule has 18 heavy (non-hydrogen) atoms. The number of nitrogens with one attached hydrogen (secondary N) is 1. The maximum Gasteiger partial charge on any atom is 0.323 e. The number of H-pyrrole nitrogens is 1. The van der Waals surface area contributed by atoms with Crippen LogP contribution in [-0.2, 0) is 4.79 Å². The molecule has 1 aromatic heterocycles. The van der Waals surface area contributed by atoms with Gasteiger partial charge < -0.3 is 15.0 Å². The molecular formula is C13H14N2O3. The summed E-state index contributed by atoms with van der Waals surface area (Å²) in [6.07, 6.45) is 0. The second kappa shape index (κ2) is 4.52. The Morgan fingerprint density at radius 1 is 1.39 bits per heavy atom. The summed E-state index contributed by atoms with van der Waals surface area (Å²) in [7, 11) is 1.47. The van der Waals surface area contributed by atoms with E-state index >= 15 is 0 Å². The molecule has 2 N–H and O–H groups in total. The Morgan fingerprint density at radius 2 is 2.11 bits per heavy atom. The van der Waals surface area contributed by atoms with Gasteiger partial charge in [-0.1, -0.05) is 18.2 Å². The molecule has 5 heteroatoms. The van der Waals surface area contributed by atoms with E-state index in [0.29, 0.717) is 5.69 Å². The lowest BCUT2D eigenvalue weighted by Gasteiger charge is -2.12. The molecule has 0 fully saturated rings. The van der Waals surface area contributed by atoms with Gasteiger partial charge in [0.05, 0.1) is 0 Å². The summed E-state index contributed by atoms with van der Waals surface area (Å²) < 4.78 is 0. The molecule has 0 aliphatic carbocycles. The van der Waals surface area contributed by atoms with Crippen LogP contribution in [-0.4, -0.2) is 40.5 Å². The lowest BCUT2D eigenvalue weighted by molar-refractivity contribution is -0.137. The van der Waals surface area contributed by atoms with Crippen molar-refractivity contribution < 1.29 is 14.7 Å². The number of aromatic amines is 1. The topological polar surface area (TPSA) is 73.4 Å². The van der Waals surface area contributed by atoms with Gasteiger partial charge in [0.2, 0.25) is 0 Å². The third kappa shape index (κ3) is 2.20. The SMILES string of the molecule is Cc1cccc2cc(C(=O)N(C)CC(=O)O)[nH]c12. The van der Waals surface area contributed by atoms with Crippen molar-refractivity contribution in [3.8, 4) is 0 Å². The fraction of sp³-hybridized carbons (Fsp3) is 0.231. The first-order valence-corrected chi connectivity index (χ1v) is 5.54. The van der Waals surface area contributed by atoms with Gasteiger partial charge in [-0.3, -0.25) is 9.59 Å². The van der Waals surface area contributed by atoms with Gasteiger partial charge in [-0.25, -0.2) is 0 Å². The fourth-order valence-corrected chi connectivity index (χ4v) is 1.90. The van der Waals surface area contributed by atoms with Crippen LogP contribution in [0.5, 0.6) is 0 Å². The first kappa shape index (κ1) is 12.2. The number of rotatable bonds is 3. The van der Waals surface area contributed by atoms with Crippen molar-refractivity contribution >= 4 is 22.8 Å². The quantitative estimate of drug-likeness (QED) is 0.864. The minimum atomic E-state index is -1.03. The van der Waals surface area contributed by atoms with E-state index in [1.807, 2.05) is 25.1 Å². The molecule has 0 saturated heterocycles. The largest absolute Gasteiger partial charge is 0.480 e. The Hall–Kier alpha value is -2.30. The zero-order valence-corrected chi connectivity index (χ0v) is 10.2. The number of carbonyl (C=O) groups is 2. The van der Waals surface area contributed by atoms with Gasteiger partial charge in [-0.05, 0) is 18.6 Å². The Kier molecular flexibility index (Phi) is 3.06. The Bertz CT molecular complexity index is 616. The number of aromatic nitrogens is 1. The van der Waals surface area contributed by atoms with Gasteiger partial charge in [-0.2, -0.15) is 0 Å². The van der Waals surface area contributed by atoms with Crippen LogP contribution in [0.2, 0.25) is 0 Å². The number of aliphatic carboxylic acids is 1. The Balaban J connectivity index is 2.34. The van der Waals surface area contributed by atoms with E-state index in [-0.39, 0.29) is 12.5 Å². The number of likely N-dealkylation sites (N-methyl/N-ethyl adjacent to an activating group) is 1. The number of amides is 1. The maximum atomic E-state index is 12.0. The molecule has 0 saturated carbocycles. The Labute approximate surface area is 104 Å². The molecule has 1 amide bonds. The predicted octanol–water partition coefficient (Wildman–Crippen LogP) is 1.63. The van der Waals surface area contributed by atoms with Crippen LogP contribution in [0, 0.1) is 6.92 Å². The van der Waals surface area contributed by atoms with Crippen molar-refractivity contribution in [2.45, 2.75) is 6.92 Å². The molecule has 0 spiro atoms. The van der Waals surface area contributed by atoms with E-state index in [0.717, 1.165) is 16.5 Å². The lowest BCUT2D eigenvalue weighted by Crippen LogP contribution is -2.32. The number of aryl methyl sites for hydroxylation is 1. The zero-order chi connectivity index (χ0) is 13.3. The molecule has 0 unspecified atom stereocenters. The van der Waals surface area contributed by atoms with Crippen LogP contribution in [0.3, 0.4) is 0 Å². The minimum absolute atomic E-state index is 0.312. The van der Waals surface area contributed by atoms with Crippen LogP contribution in [0.25, 0.3) is 10.9 Å². The number of fused-ring (bicyclic) bond motifs is 1. The summed E-state index contributed by atoms with van der Waals surface area (Å²) in [5, 5.41) is 9.61. The third-order valence-corrected chi connectivity index (χ3v) is 2.81. The maximum absolute atomic E-state index is 12.0. The fourth-order valence-electron chi connectivity index (χ4n) is 1.90. The van der Waals surface area contributed by atoms with Crippen LogP contribution >= 0.6 is 0 Å². The highest BCUT2D eigenvalue weighted by molar-refractivity contribution is 5.99. The molecule has 0 radical (unpaired) electrons. The van der Waals surface area contributed by atoms with Gasteiger partial charge in [-0.15, -0.1) is 0 Å². The van der Waals surface area contributed by atoms with E-state index in [4.69, 9.17) is 5.11 Å². The van der Waals surface area contributed by atoms with Gasteiger partial charge in [0.1, 0.15) is 12.2 Å².